The summed E-state index contributed by atoms with van der Waals surface area (Å²) in [5.41, 5.74) is 5.20. The SMILES string of the molecule is C[C@@H]1O[C@H](CN=CN)CC(N(C)C)C1O. The summed E-state index contributed by atoms with van der Waals surface area (Å²) in [7, 11) is 3.93. The number of aliphatic imine (C=N–C) groups is 1. The second-order valence-electron chi connectivity index (χ2n) is 4.23. The maximum absolute atomic E-state index is 9.92. The van der Waals surface area contributed by atoms with Crippen molar-refractivity contribution in [1.82, 2.24) is 4.90 Å². The monoisotopic (exact) mass is 215 g/mol. The highest BCUT2D eigenvalue weighted by Crippen LogP contribution is 2.23. The van der Waals surface area contributed by atoms with Crippen LogP contribution < -0.4 is 5.73 Å². The van der Waals surface area contributed by atoms with Gasteiger partial charge in [-0.3, -0.25) is 4.99 Å². The minimum absolute atomic E-state index is 0.0515. The van der Waals surface area contributed by atoms with Crippen LogP contribution in [0.5, 0.6) is 0 Å². The number of hydrogen-bond acceptors (Lipinski definition) is 4. The summed E-state index contributed by atoms with van der Waals surface area (Å²) >= 11 is 0. The van der Waals surface area contributed by atoms with Crippen LogP contribution in [0.4, 0.5) is 0 Å². The first-order valence-electron chi connectivity index (χ1n) is 5.26. The Bertz CT molecular complexity index is 221. The number of nitrogens with zero attached hydrogens (tertiary/aromatic N) is 2. The first-order valence-corrected chi connectivity index (χ1v) is 5.26. The van der Waals surface area contributed by atoms with Gasteiger partial charge in [-0.2, -0.15) is 0 Å². The van der Waals surface area contributed by atoms with Gasteiger partial charge in [-0.1, -0.05) is 0 Å². The first kappa shape index (κ1) is 12.4. The maximum Gasteiger partial charge on any atom is 0.0954 e. The molecule has 1 rings (SSSR count). The molecule has 0 radical (unpaired) electrons. The van der Waals surface area contributed by atoms with E-state index in [0.29, 0.717) is 6.54 Å². The molecule has 88 valence electrons. The number of aliphatic hydroxyl groups is 1. The molecule has 3 N–H and O–H groups in total. The highest BCUT2D eigenvalue weighted by molar-refractivity contribution is 5.51. The van der Waals surface area contributed by atoms with E-state index in [9.17, 15) is 5.11 Å². The number of hydrogen-bond donors (Lipinski definition) is 2. The summed E-state index contributed by atoms with van der Waals surface area (Å²) in [5.74, 6) is 0. The molecule has 0 aromatic heterocycles. The zero-order valence-electron chi connectivity index (χ0n) is 9.63. The molecular weight excluding hydrogens is 194 g/mol. The fraction of sp³-hybridized carbons (Fsp3) is 0.900. The van der Waals surface area contributed by atoms with Crippen LogP contribution >= 0.6 is 0 Å². The topological polar surface area (TPSA) is 71.1 Å². The van der Waals surface area contributed by atoms with Crippen molar-refractivity contribution in [2.45, 2.75) is 37.7 Å². The molecule has 1 fully saturated rings. The van der Waals surface area contributed by atoms with Gasteiger partial charge in [0.25, 0.3) is 0 Å². The number of rotatable bonds is 3. The Kier molecular flexibility index (Phi) is 4.50. The van der Waals surface area contributed by atoms with Crippen LogP contribution in [0.3, 0.4) is 0 Å². The third kappa shape index (κ3) is 3.15. The standard InChI is InChI=1S/C10H21N3O2/c1-7-10(14)9(13(2)3)4-8(15-7)5-12-6-11/h6-10,14H,4-5H2,1-3H3,(H2,11,12)/t7-,8-,9?,10?/m0/s1. The number of ether oxygens (including phenoxy) is 1. The normalized spacial score (nSPS) is 37.7. The van der Waals surface area contributed by atoms with Gasteiger partial charge in [-0.05, 0) is 27.4 Å². The Morgan fingerprint density at radius 1 is 1.60 bits per heavy atom. The van der Waals surface area contributed by atoms with Crippen molar-refractivity contribution >= 4 is 6.34 Å². The molecule has 15 heavy (non-hydrogen) atoms. The molecule has 0 aromatic carbocycles. The molecule has 0 bridgehead atoms. The van der Waals surface area contributed by atoms with Crippen molar-refractivity contribution < 1.29 is 9.84 Å². The fourth-order valence-electron chi connectivity index (χ4n) is 1.97. The summed E-state index contributed by atoms with van der Waals surface area (Å²) in [5, 5.41) is 9.92. The summed E-state index contributed by atoms with van der Waals surface area (Å²) in [6.07, 6.45) is 1.55. The Labute approximate surface area is 90.9 Å². The number of aliphatic hydroxyl groups excluding tert-OH is 1. The van der Waals surface area contributed by atoms with Crippen molar-refractivity contribution in [3.05, 3.63) is 0 Å². The van der Waals surface area contributed by atoms with Crippen LogP contribution in [-0.4, -0.2) is 61.3 Å². The number of nitrogens with two attached hydrogens (primary N) is 1. The molecule has 5 nitrogen and oxygen atoms in total. The van der Waals surface area contributed by atoms with E-state index in [0.717, 1.165) is 6.42 Å². The lowest BCUT2D eigenvalue weighted by atomic mass is 9.95. The van der Waals surface area contributed by atoms with Crippen LogP contribution in [0, 0.1) is 0 Å². The van der Waals surface area contributed by atoms with E-state index < -0.39 is 6.10 Å². The van der Waals surface area contributed by atoms with Crippen molar-refractivity contribution in [2.24, 2.45) is 10.7 Å². The predicted molar refractivity (Wildman–Crippen MR) is 60.0 cm³/mol. The molecule has 0 spiro atoms. The van der Waals surface area contributed by atoms with Crippen LogP contribution in [-0.2, 0) is 4.74 Å². The average Bonchev–Trinajstić information content (AvgIpc) is 2.19. The highest BCUT2D eigenvalue weighted by atomic mass is 16.5. The Morgan fingerprint density at radius 2 is 2.27 bits per heavy atom. The molecule has 0 aliphatic carbocycles. The molecule has 2 unspecified atom stereocenters. The first-order chi connectivity index (χ1) is 7.06. The fourth-order valence-corrected chi connectivity index (χ4v) is 1.97. The lowest BCUT2D eigenvalue weighted by Crippen LogP contribution is -2.53. The van der Waals surface area contributed by atoms with Crippen LogP contribution in [0.2, 0.25) is 0 Å². The van der Waals surface area contributed by atoms with Gasteiger partial charge in [0.2, 0.25) is 0 Å². The Morgan fingerprint density at radius 3 is 2.80 bits per heavy atom. The minimum Gasteiger partial charge on any atom is -0.390 e. The van der Waals surface area contributed by atoms with E-state index in [-0.39, 0.29) is 18.2 Å². The third-order valence-corrected chi connectivity index (χ3v) is 2.86. The van der Waals surface area contributed by atoms with Gasteiger partial charge >= 0.3 is 0 Å². The lowest BCUT2D eigenvalue weighted by Gasteiger charge is -2.40. The second kappa shape index (κ2) is 5.44. The van der Waals surface area contributed by atoms with Crippen molar-refractivity contribution in [2.75, 3.05) is 20.6 Å². The van der Waals surface area contributed by atoms with Crippen LogP contribution in [0.1, 0.15) is 13.3 Å². The quantitative estimate of drug-likeness (QED) is 0.489. The summed E-state index contributed by atoms with van der Waals surface area (Å²) < 4.78 is 5.64. The minimum atomic E-state index is -0.432. The van der Waals surface area contributed by atoms with Crippen molar-refractivity contribution in [3.8, 4) is 0 Å². The second-order valence-corrected chi connectivity index (χ2v) is 4.23. The van der Waals surface area contributed by atoms with E-state index in [1.54, 1.807) is 0 Å². The summed E-state index contributed by atoms with van der Waals surface area (Å²) in [4.78, 5) is 6.01. The third-order valence-electron chi connectivity index (χ3n) is 2.86. The van der Waals surface area contributed by atoms with E-state index in [1.807, 2.05) is 25.9 Å². The van der Waals surface area contributed by atoms with Gasteiger partial charge in [0.15, 0.2) is 0 Å². The zero-order valence-corrected chi connectivity index (χ0v) is 9.63. The summed E-state index contributed by atoms with van der Waals surface area (Å²) in [6, 6.07) is 0.131. The van der Waals surface area contributed by atoms with Gasteiger partial charge in [0.05, 0.1) is 31.2 Å². The van der Waals surface area contributed by atoms with E-state index >= 15 is 0 Å². The molecule has 0 amide bonds. The molecular formula is C10H21N3O2. The molecule has 1 heterocycles. The van der Waals surface area contributed by atoms with Gasteiger partial charge in [-0.25, -0.2) is 0 Å². The Hall–Kier alpha value is -0.650. The van der Waals surface area contributed by atoms with E-state index in [4.69, 9.17) is 10.5 Å². The lowest BCUT2D eigenvalue weighted by molar-refractivity contribution is -0.136. The molecule has 0 saturated carbocycles. The highest BCUT2D eigenvalue weighted by Gasteiger charge is 2.35. The van der Waals surface area contributed by atoms with Crippen LogP contribution in [0.25, 0.3) is 0 Å². The zero-order chi connectivity index (χ0) is 11.4. The van der Waals surface area contributed by atoms with Crippen molar-refractivity contribution in [3.63, 3.8) is 0 Å². The van der Waals surface area contributed by atoms with Crippen molar-refractivity contribution in [1.29, 1.82) is 0 Å². The summed E-state index contributed by atoms with van der Waals surface area (Å²) in [6.45, 7) is 2.46. The number of likely N-dealkylation sites (N-methyl/N-ethyl adjacent to an activating group) is 1. The van der Waals surface area contributed by atoms with Crippen LogP contribution in [0.15, 0.2) is 4.99 Å². The molecule has 0 aromatic rings. The molecule has 1 aliphatic heterocycles. The largest absolute Gasteiger partial charge is 0.390 e. The van der Waals surface area contributed by atoms with Gasteiger partial charge in [0, 0.05) is 6.04 Å². The van der Waals surface area contributed by atoms with Gasteiger partial charge in [-0.15, -0.1) is 0 Å². The predicted octanol–water partition coefficient (Wildman–Crippen LogP) is -0.558. The van der Waals surface area contributed by atoms with Gasteiger partial charge < -0.3 is 20.5 Å². The maximum atomic E-state index is 9.92. The van der Waals surface area contributed by atoms with E-state index in [2.05, 4.69) is 4.99 Å². The molecule has 4 atom stereocenters. The van der Waals surface area contributed by atoms with E-state index in [1.165, 1.54) is 6.34 Å². The molecule has 1 saturated heterocycles. The molecule has 5 heteroatoms. The van der Waals surface area contributed by atoms with Gasteiger partial charge in [0.1, 0.15) is 0 Å². The average molecular weight is 215 g/mol. The molecule has 1 aliphatic rings. The Balaban J connectivity index is 2.58. The smallest absolute Gasteiger partial charge is 0.0954 e.